The van der Waals surface area contributed by atoms with Crippen molar-refractivity contribution >= 4 is 11.6 Å². The fourth-order valence-electron chi connectivity index (χ4n) is 1.43. The molecule has 1 rings (SSSR count). The molecule has 0 spiro atoms. The first-order valence-electron chi connectivity index (χ1n) is 5.09. The molecule has 5 N–H and O–H groups in total. The van der Waals surface area contributed by atoms with Crippen molar-refractivity contribution in [2.75, 3.05) is 6.54 Å². The van der Waals surface area contributed by atoms with E-state index in [0.29, 0.717) is 11.6 Å². The van der Waals surface area contributed by atoms with Gasteiger partial charge in [0.05, 0.1) is 5.02 Å². The number of benzene rings is 1. The van der Waals surface area contributed by atoms with Crippen LogP contribution in [0.2, 0.25) is 5.02 Å². The molecule has 1 aromatic carbocycles. The lowest BCUT2D eigenvalue weighted by molar-refractivity contribution is 0.475. The quantitative estimate of drug-likeness (QED) is 0.677. The molecule has 0 aliphatic heterocycles. The third-order valence-electron chi connectivity index (χ3n) is 2.37. The van der Waals surface area contributed by atoms with Gasteiger partial charge in [-0.25, -0.2) is 0 Å². The molecule has 84 valence electrons. The van der Waals surface area contributed by atoms with Crippen LogP contribution in [0.5, 0.6) is 5.75 Å². The Hall–Kier alpha value is -0.770. The molecule has 1 atom stereocenters. The van der Waals surface area contributed by atoms with Gasteiger partial charge in [-0.05, 0) is 37.1 Å². The van der Waals surface area contributed by atoms with E-state index in [-0.39, 0.29) is 11.8 Å². The predicted octanol–water partition coefficient (Wildman–Crippen LogP) is 2.17. The van der Waals surface area contributed by atoms with E-state index in [1.165, 1.54) is 0 Å². The van der Waals surface area contributed by atoms with Crippen LogP contribution in [0.3, 0.4) is 0 Å². The van der Waals surface area contributed by atoms with Crippen molar-refractivity contribution in [2.24, 2.45) is 11.5 Å². The van der Waals surface area contributed by atoms with Crippen molar-refractivity contribution < 1.29 is 5.11 Å². The molecule has 1 aromatic rings. The smallest absolute Gasteiger partial charge is 0.134 e. The van der Waals surface area contributed by atoms with Crippen LogP contribution in [0.1, 0.15) is 30.9 Å². The number of halogens is 1. The van der Waals surface area contributed by atoms with Crippen molar-refractivity contribution in [3.63, 3.8) is 0 Å². The Morgan fingerprint density at radius 1 is 1.33 bits per heavy atom. The molecule has 0 fully saturated rings. The molecule has 0 saturated carbocycles. The van der Waals surface area contributed by atoms with Crippen LogP contribution in [0, 0.1) is 0 Å². The van der Waals surface area contributed by atoms with Gasteiger partial charge in [-0.3, -0.25) is 0 Å². The molecule has 3 nitrogen and oxygen atoms in total. The van der Waals surface area contributed by atoms with Gasteiger partial charge in [0.1, 0.15) is 5.75 Å². The average Bonchev–Trinajstić information content (AvgIpc) is 2.22. The lowest BCUT2D eigenvalue weighted by Gasteiger charge is -2.12. The number of unbranched alkanes of at least 4 members (excludes halogenated alkanes) is 1. The first-order valence-corrected chi connectivity index (χ1v) is 5.47. The van der Waals surface area contributed by atoms with E-state index < -0.39 is 0 Å². The third-order valence-corrected chi connectivity index (χ3v) is 2.67. The second kappa shape index (κ2) is 5.95. The van der Waals surface area contributed by atoms with Crippen molar-refractivity contribution in [3.05, 3.63) is 28.8 Å². The summed E-state index contributed by atoms with van der Waals surface area (Å²) in [6, 6.07) is 5.05. The zero-order valence-electron chi connectivity index (χ0n) is 8.62. The van der Waals surface area contributed by atoms with Gasteiger partial charge in [0.15, 0.2) is 0 Å². The predicted molar refractivity (Wildman–Crippen MR) is 63.0 cm³/mol. The highest BCUT2D eigenvalue weighted by atomic mass is 35.5. The minimum absolute atomic E-state index is 0.0327. The summed E-state index contributed by atoms with van der Waals surface area (Å²) in [6.45, 7) is 0.697. The topological polar surface area (TPSA) is 72.3 Å². The molecule has 0 aromatic heterocycles. The fraction of sp³-hybridized carbons (Fsp3) is 0.455. The zero-order valence-corrected chi connectivity index (χ0v) is 9.37. The maximum absolute atomic E-state index is 9.25. The summed E-state index contributed by atoms with van der Waals surface area (Å²) in [6.07, 6.45) is 2.88. The Kier molecular flexibility index (Phi) is 4.88. The number of phenolic OH excluding ortho intramolecular Hbond substituents is 1. The summed E-state index contributed by atoms with van der Waals surface area (Å²) in [4.78, 5) is 0. The summed E-state index contributed by atoms with van der Waals surface area (Å²) in [5, 5.41) is 9.60. The molecule has 0 saturated heterocycles. The van der Waals surface area contributed by atoms with E-state index in [1.807, 2.05) is 0 Å². The summed E-state index contributed by atoms with van der Waals surface area (Å²) >= 11 is 5.79. The molecular weight excluding hydrogens is 212 g/mol. The number of hydrogen-bond acceptors (Lipinski definition) is 3. The lowest BCUT2D eigenvalue weighted by Crippen LogP contribution is -2.11. The molecule has 4 heteroatoms. The fourth-order valence-corrected chi connectivity index (χ4v) is 1.62. The summed E-state index contributed by atoms with van der Waals surface area (Å²) in [5.41, 5.74) is 12.3. The summed E-state index contributed by atoms with van der Waals surface area (Å²) in [5.74, 6) is 0.0922. The largest absolute Gasteiger partial charge is 0.506 e. The van der Waals surface area contributed by atoms with Gasteiger partial charge in [-0.1, -0.05) is 24.1 Å². The van der Waals surface area contributed by atoms with Crippen LogP contribution >= 0.6 is 11.6 Å². The highest BCUT2D eigenvalue weighted by Crippen LogP contribution is 2.27. The van der Waals surface area contributed by atoms with Crippen LogP contribution in [0.4, 0.5) is 0 Å². The maximum atomic E-state index is 9.25. The SMILES string of the molecule is NCCCC[C@@H](N)c1ccc(O)c(Cl)c1. The molecule has 0 amide bonds. The maximum Gasteiger partial charge on any atom is 0.134 e. The second-order valence-electron chi connectivity index (χ2n) is 3.60. The number of nitrogens with two attached hydrogens (primary N) is 2. The number of aromatic hydroxyl groups is 1. The van der Waals surface area contributed by atoms with Gasteiger partial charge in [0.25, 0.3) is 0 Å². The number of phenols is 1. The molecule has 0 aliphatic carbocycles. The van der Waals surface area contributed by atoms with E-state index in [1.54, 1.807) is 18.2 Å². The highest BCUT2D eigenvalue weighted by molar-refractivity contribution is 6.32. The van der Waals surface area contributed by atoms with Crippen LogP contribution in [-0.4, -0.2) is 11.7 Å². The first-order chi connectivity index (χ1) is 7.15. The van der Waals surface area contributed by atoms with Crippen molar-refractivity contribution in [3.8, 4) is 5.75 Å². The van der Waals surface area contributed by atoms with E-state index in [9.17, 15) is 5.11 Å². The van der Waals surface area contributed by atoms with E-state index in [4.69, 9.17) is 23.1 Å². The normalized spacial score (nSPS) is 12.7. The molecule has 0 radical (unpaired) electrons. The Morgan fingerprint density at radius 2 is 2.07 bits per heavy atom. The monoisotopic (exact) mass is 228 g/mol. The highest BCUT2D eigenvalue weighted by Gasteiger charge is 2.07. The summed E-state index contributed by atoms with van der Waals surface area (Å²) < 4.78 is 0. The van der Waals surface area contributed by atoms with Gasteiger partial charge in [0, 0.05) is 6.04 Å². The summed E-state index contributed by atoms with van der Waals surface area (Å²) in [7, 11) is 0. The van der Waals surface area contributed by atoms with Crippen LogP contribution in [-0.2, 0) is 0 Å². The van der Waals surface area contributed by atoms with E-state index >= 15 is 0 Å². The van der Waals surface area contributed by atoms with Gasteiger partial charge in [0.2, 0.25) is 0 Å². The van der Waals surface area contributed by atoms with Gasteiger partial charge in [-0.2, -0.15) is 0 Å². The number of hydrogen-bond donors (Lipinski definition) is 3. The van der Waals surface area contributed by atoms with Crippen molar-refractivity contribution in [2.45, 2.75) is 25.3 Å². The van der Waals surface area contributed by atoms with Crippen LogP contribution < -0.4 is 11.5 Å². The average molecular weight is 229 g/mol. The van der Waals surface area contributed by atoms with Crippen LogP contribution in [0.25, 0.3) is 0 Å². The third kappa shape index (κ3) is 3.70. The van der Waals surface area contributed by atoms with E-state index in [2.05, 4.69) is 0 Å². The number of rotatable bonds is 5. The molecule has 0 heterocycles. The Balaban J connectivity index is 2.57. The Labute approximate surface area is 95.0 Å². The lowest BCUT2D eigenvalue weighted by atomic mass is 10.0. The molecular formula is C11H17ClN2O. The Bertz CT molecular complexity index is 317. The van der Waals surface area contributed by atoms with E-state index in [0.717, 1.165) is 24.8 Å². The second-order valence-corrected chi connectivity index (χ2v) is 4.01. The minimum atomic E-state index is -0.0327. The first kappa shape index (κ1) is 12.3. The standard InChI is InChI=1S/C11H17ClN2O/c12-9-7-8(4-5-11(9)15)10(14)3-1-2-6-13/h4-5,7,10,15H,1-3,6,13-14H2/t10-/m1/s1. The van der Waals surface area contributed by atoms with Gasteiger partial charge in [-0.15, -0.1) is 0 Å². The van der Waals surface area contributed by atoms with Gasteiger partial charge >= 0.3 is 0 Å². The van der Waals surface area contributed by atoms with Gasteiger partial charge < -0.3 is 16.6 Å². The zero-order chi connectivity index (χ0) is 11.3. The molecule has 0 bridgehead atoms. The van der Waals surface area contributed by atoms with Crippen molar-refractivity contribution in [1.29, 1.82) is 0 Å². The van der Waals surface area contributed by atoms with Crippen molar-refractivity contribution in [1.82, 2.24) is 0 Å². The molecule has 15 heavy (non-hydrogen) atoms. The minimum Gasteiger partial charge on any atom is -0.506 e. The Morgan fingerprint density at radius 3 is 2.67 bits per heavy atom. The molecule has 0 unspecified atom stereocenters. The molecule has 0 aliphatic rings. The van der Waals surface area contributed by atoms with Crippen LogP contribution in [0.15, 0.2) is 18.2 Å².